The lowest BCUT2D eigenvalue weighted by molar-refractivity contribution is -0.119. The van der Waals surface area contributed by atoms with Crippen LogP contribution in [-0.2, 0) is 9.59 Å². The van der Waals surface area contributed by atoms with E-state index in [1.807, 2.05) is 31.3 Å². The molecular weight excluding hydrogens is 302 g/mol. The molecule has 1 aliphatic heterocycles. The predicted octanol–water partition coefficient (Wildman–Crippen LogP) is 2.56. The number of piperidine rings is 1. The average molecular weight is 326 g/mol. The second-order valence-corrected chi connectivity index (χ2v) is 5.31. The molecule has 2 N–H and O–H groups in total. The van der Waals surface area contributed by atoms with Crippen molar-refractivity contribution >= 4 is 35.6 Å². The lowest BCUT2D eigenvalue weighted by Gasteiger charge is -2.27. The fraction of sp³-hybridized carbons (Fsp3) is 0.500. The van der Waals surface area contributed by atoms with E-state index in [0.717, 1.165) is 43.7 Å². The SMILES string of the molecule is CNCCCC(=O)Nc1cccc(N2CCCCC2=O)c1.Cl. The summed E-state index contributed by atoms with van der Waals surface area (Å²) in [5, 5.41) is 5.91. The number of hydrogen-bond donors (Lipinski definition) is 2. The van der Waals surface area contributed by atoms with Gasteiger partial charge in [-0.2, -0.15) is 0 Å². The molecule has 0 unspecified atom stereocenters. The molecular formula is C16H24ClN3O2. The number of rotatable bonds is 6. The van der Waals surface area contributed by atoms with Crippen LogP contribution in [0.25, 0.3) is 0 Å². The van der Waals surface area contributed by atoms with Crippen LogP contribution in [0.3, 0.4) is 0 Å². The average Bonchev–Trinajstić information content (AvgIpc) is 2.48. The van der Waals surface area contributed by atoms with Gasteiger partial charge in [0.2, 0.25) is 11.8 Å². The van der Waals surface area contributed by atoms with Gasteiger partial charge < -0.3 is 15.5 Å². The van der Waals surface area contributed by atoms with Crippen LogP contribution in [0.4, 0.5) is 11.4 Å². The molecule has 1 saturated heterocycles. The highest BCUT2D eigenvalue weighted by atomic mass is 35.5. The number of nitrogens with zero attached hydrogens (tertiary/aromatic N) is 1. The minimum atomic E-state index is 0. The quantitative estimate of drug-likeness (QED) is 0.790. The fourth-order valence-corrected chi connectivity index (χ4v) is 2.48. The van der Waals surface area contributed by atoms with E-state index in [4.69, 9.17) is 0 Å². The van der Waals surface area contributed by atoms with Gasteiger partial charge in [0.05, 0.1) is 0 Å². The molecule has 0 bridgehead atoms. The lowest BCUT2D eigenvalue weighted by atomic mass is 10.1. The van der Waals surface area contributed by atoms with Gasteiger partial charge in [0.15, 0.2) is 0 Å². The normalized spacial score (nSPS) is 14.4. The Morgan fingerprint density at radius 2 is 2.14 bits per heavy atom. The minimum absolute atomic E-state index is 0. The molecule has 5 nitrogen and oxygen atoms in total. The van der Waals surface area contributed by atoms with Crippen LogP contribution in [-0.4, -0.2) is 32.0 Å². The van der Waals surface area contributed by atoms with Crippen LogP contribution < -0.4 is 15.5 Å². The smallest absolute Gasteiger partial charge is 0.226 e. The molecule has 1 aromatic rings. The van der Waals surface area contributed by atoms with Gasteiger partial charge in [-0.1, -0.05) is 6.07 Å². The van der Waals surface area contributed by atoms with E-state index >= 15 is 0 Å². The summed E-state index contributed by atoms with van der Waals surface area (Å²) < 4.78 is 0. The Hall–Kier alpha value is -1.59. The van der Waals surface area contributed by atoms with Crippen LogP contribution in [0.5, 0.6) is 0 Å². The van der Waals surface area contributed by atoms with Crippen LogP contribution in [0.1, 0.15) is 32.1 Å². The van der Waals surface area contributed by atoms with E-state index < -0.39 is 0 Å². The Labute approximate surface area is 137 Å². The molecule has 2 amide bonds. The zero-order chi connectivity index (χ0) is 15.1. The molecule has 1 aromatic carbocycles. The molecule has 0 aliphatic carbocycles. The van der Waals surface area contributed by atoms with Gasteiger partial charge in [-0.3, -0.25) is 9.59 Å². The third-order valence-electron chi connectivity index (χ3n) is 3.60. The summed E-state index contributed by atoms with van der Waals surface area (Å²) in [6.07, 6.45) is 3.92. The summed E-state index contributed by atoms with van der Waals surface area (Å²) in [4.78, 5) is 25.6. The molecule has 0 saturated carbocycles. The van der Waals surface area contributed by atoms with Gasteiger partial charge in [-0.15, -0.1) is 12.4 Å². The summed E-state index contributed by atoms with van der Waals surface area (Å²) in [5.41, 5.74) is 1.62. The maximum atomic E-state index is 11.9. The zero-order valence-corrected chi connectivity index (χ0v) is 13.7. The molecule has 0 atom stereocenters. The highest BCUT2D eigenvalue weighted by Gasteiger charge is 2.19. The van der Waals surface area contributed by atoms with Crippen molar-refractivity contribution in [2.75, 3.05) is 30.4 Å². The summed E-state index contributed by atoms with van der Waals surface area (Å²) in [6, 6.07) is 7.52. The minimum Gasteiger partial charge on any atom is -0.326 e. The number of halogens is 1. The molecule has 1 aliphatic rings. The maximum absolute atomic E-state index is 11.9. The van der Waals surface area contributed by atoms with Crippen molar-refractivity contribution in [1.29, 1.82) is 0 Å². The first-order valence-corrected chi connectivity index (χ1v) is 7.55. The topological polar surface area (TPSA) is 61.4 Å². The first-order valence-electron chi connectivity index (χ1n) is 7.55. The zero-order valence-electron chi connectivity index (χ0n) is 12.9. The first-order chi connectivity index (χ1) is 10.2. The number of hydrogen-bond acceptors (Lipinski definition) is 3. The molecule has 2 rings (SSSR count). The number of carbonyl (C=O) groups excluding carboxylic acids is 2. The molecule has 6 heteroatoms. The Kier molecular flexibility index (Phi) is 7.91. The monoisotopic (exact) mass is 325 g/mol. The van der Waals surface area contributed by atoms with Crippen molar-refractivity contribution in [3.63, 3.8) is 0 Å². The molecule has 0 spiro atoms. The second-order valence-electron chi connectivity index (χ2n) is 5.31. The number of benzene rings is 1. The van der Waals surface area contributed by atoms with E-state index in [2.05, 4.69) is 10.6 Å². The number of amides is 2. The number of nitrogens with one attached hydrogen (secondary N) is 2. The number of carbonyl (C=O) groups is 2. The highest BCUT2D eigenvalue weighted by molar-refractivity contribution is 5.96. The van der Waals surface area contributed by atoms with E-state index in [1.165, 1.54) is 0 Å². The fourth-order valence-electron chi connectivity index (χ4n) is 2.48. The van der Waals surface area contributed by atoms with Crippen molar-refractivity contribution in [1.82, 2.24) is 5.32 Å². The first kappa shape index (κ1) is 18.5. The Balaban J connectivity index is 0.00000242. The molecule has 122 valence electrons. The molecule has 1 heterocycles. The van der Waals surface area contributed by atoms with Crippen LogP contribution in [0, 0.1) is 0 Å². The summed E-state index contributed by atoms with van der Waals surface area (Å²) in [6.45, 7) is 1.59. The maximum Gasteiger partial charge on any atom is 0.226 e. The predicted molar refractivity (Wildman–Crippen MR) is 91.7 cm³/mol. The van der Waals surface area contributed by atoms with Crippen LogP contribution >= 0.6 is 12.4 Å². The van der Waals surface area contributed by atoms with Crippen LogP contribution in [0.2, 0.25) is 0 Å². The molecule has 22 heavy (non-hydrogen) atoms. The third-order valence-corrected chi connectivity index (χ3v) is 3.60. The van der Waals surface area contributed by atoms with Crippen molar-refractivity contribution in [3.8, 4) is 0 Å². The molecule has 0 radical (unpaired) electrons. The van der Waals surface area contributed by atoms with Gasteiger partial charge in [-0.25, -0.2) is 0 Å². The van der Waals surface area contributed by atoms with Crippen LogP contribution in [0.15, 0.2) is 24.3 Å². The second kappa shape index (κ2) is 9.43. The Bertz CT molecular complexity index is 508. The van der Waals surface area contributed by atoms with Crippen molar-refractivity contribution < 1.29 is 9.59 Å². The van der Waals surface area contributed by atoms with E-state index in [0.29, 0.717) is 12.8 Å². The Morgan fingerprint density at radius 3 is 2.86 bits per heavy atom. The summed E-state index contributed by atoms with van der Waals surface area (Å²) >= 11 is 0. The van der Waals surface area contributed by atoms with Gasteiger partial charge in [0.25, 0.3) is 0 Å². The van der Waals surface area contributed by atoms with Gasteiger partial charge >= 0.3 is 0 Å². The van der Waals surface area contributed by atoms with Crippen molar-refractivity contribution in [2.24, 2.45) is 0 Å². The number of anilines is 2. The lowest BCUT2D eigenvalue weighted by Crippen LogP contribution is -2.35. The Morgan fingerprint density at radius 1 is 1.32 bits per heavy atom. The van der Waals surface area contributed by atoms with E-state index in [1.54, 1.807) is 4.90 Å². The summed E-state index contributed by atoms with van der Waals surface area (Å²) in [5.74, 6) is 0.172. The molecule has 1 fully saturated rings. The molecule has 0 aromatic heterocycles. The largest absolute Gasteiger partial charge is 0.326 e. The third kappa shape index (κ3) is 5.31. The van der Waals surface area contributed by atoms with Gasteiger partial charge in [0.1, 0.15) is 0 Å². The highest BCUT2D eigenvalue weighted by Crippen LogP contribution is 2.23. The summed E-state index contributed by atoms with van der Waals surface area (Å²) in [7, 11) is 1.87. The van der Waals surface area contributed by atoms with Gasteiger partial charge in [-0.05, 0) is 51.1 Å². The van der Waals surface area contributed by atoms with Crippen molar-refractivity contribution in [2.45, 2.75) is 32.1 Å². The van der Waals surface area contributed by atoms with Gasteiger partial charge in [0, 0.05) is 30.8 Å². The van der Waals surface area contributed by atoms with E-state index in [9.17, 15) is 9.59 Å². The standard InChI is InChI=1S/C16H23N3O2.ClH/c1-17-10-5-8-15(20)18-13-6-4-7-14(12-13)19-11-3-2-9-16(19)21;/h4,6-7,12,17H,2-3,5,8-11H2,1H3,(H,18,20);1H. The van der Waals surface area contributed by atoms with E-state index in [-0.39, 0.29) is 24.2 Å². The van der Waals surface area contributed by atoms with Crippen molar-refractivity contribution in [3.05, 3.63) is 24.3 Å².